The number of oxime groups is 1. The lowest BCUT2D eigenvalue weighted by Crippen LogP contribution is -2.34. The Balaban J connectivity index is 1.46. The Morgan fingerprint density at radius 3 is 2.54 bits per heavy atom. The zero-order chi connectivity index (χ0) is 19.9. The first-order valence-electron chi connectivity index (χ1n) is 9.93. The van der Waals surface area contributed by atoms with E-state index >= 15 is 0 Å². The molecule has 1 aliphatic heterocycles. The predicted octanol–water partition coefficient (Wildman–Crippen LogP) is 4.07. The average Bonchev–Trinajstić information content (AvgIpc) is 2.72. The van der Waals surface area contributed by atoms with Crippen LogP contribution in [0.25, 0.3) is 0 Å². The van der Waals surface area contributed by atoms with Gasteiger partial charge in [-0.15, -0.1) is 5.10 Å². The van der Waals surface area contributed by atoms with Gasteiger partial charge in [0.15, 0.2) is 5.82 Å². The van der Waals surface area contributed by atoms with Crippen LogP contribution in [0.4, 0.5) is 5.82 Å². The topological polar surface area (TPSA) is 59.8 Å². The van der Waals surface area contributed by atoms with Crippen molar-refractivity contribution < 1.29 is 9.57 Å². The van der Waals surface area contributed by atoms with Gasteiger partial charge in [-0.1, -0.05) is 5.16 Å². The van der Waals surface area contributed by atoms with Gasteiger partial charge in [-0.25, -0.2) is 0 Å². The molecule has 0 N–H and O–H groups in total. The van der Waals surface area contributed by atoms with Gasteiger partial charge in [0.05, 0.1) is 18.5 Å². The van der Waals surface area contributed by atoms with Gasteiger partial charge in [0.25, 0.3) is 0 Å². The van der Waals surface area contributed by atoms with Crippen LogP contribution in [-0.2, 0) is 4.84 Å². The molecule has 0 spiro atoms. The van der Waals surface area contributed by atoms with Gasteiger partial charge in [-0.05, 0) is 86.9 Å². The van der Waals surface area contributed by atoms with Gasteiger partial charge in [0, 0.05) is 13.1 Å². The number of hydrogen-bond donors (Lipinski definition) is 0. The lowest BCUT2D eigenvalue weighted by atomic mass is 9.94. The highest BCUT2D eigenvalue weighted by molar-refractivity contribution is 5.82. The summed E-state index contributed by atoms with van der Waals surface area (Å²) in [6.45, 7) is 8.97. The molecular weight excluding hydrogens is 352 g/mol. The van der Waals surface area contributed by atoms with Crippen molar-refractivity contribution in [2.45, 2.75) is 40.0 Å². The first kappa shape index (κ1) is 20.1. The van der Waals surface area contributed by atoms with Crippen molar-refractivity contribution in [3.8, 4) is 5.75 Å². The van der Waals surface area contributed by atoms with Gasteiger partial charge in [-0.3, -0.25) is 0 Å². The van der Waals surface area contributed by atoms with Crippen molar-refractivity contribution in [1.29, 1.82) is 0 Å². The Morgan fingerprint density at radius 2 is 1.86 bits per heavy atom. The molecule has 1 aromatic heterocycles. The molecule has 0 amide bonds. The number of aryl methyl sites for hydroxylation is 1. The summed E-state index contributed by atoms with van der Waals surface area (Å²) in [5.41, 5.74) is 4.34. The first-order chi connectivity index (χ1) is 13.6. The Morgan fingerprint density at radius 1 is 1.07 bits per heavy atom. The van der Waals surface area contributed by atoms with Gasteiger partial charge in [0.2, 0.25) is 0 Å². The maximum absolute atomic E-state index is 6.09. The molecule has 0 saturated carbocycles. The second-order valence-corrected chi connectivity index (χ2v) is 7.42. The van der Waals surface area contributed by atoms with Crippen LogP contribution < -0.4 is 9.64 Å². The predicted molar refractivity (Wildman–Crippen MR) is 112 cm³/mol. The number of aromatic nitrogens is 2. The van der Waals surface area contributed by atoms with E-state index in [0.717, 1.165) is 54.5 Å². The van der Waals surface area contributed by atoms with E-state index in [1.54, 1.807) is 13.3 Å². The number of rotatable bonds is 7. The van der Waals surface area contributed by atoms with Crippen LogP contribution in [0.15, 0.2) is 29.4 Å². The lowest BCUT2D eigenvalue weighted by molar-refractivity contribution is 0.215. The van der Waals surface area contributed by atoms with Crippen molar-refractivity contribution in [3.05, 3.63) is 46.6 Å². The molecule has 1 saturated heterocycles. The summed E-state index contributed by atoms with van der Waals surface area (Å²) in [5.74, 6) is 2.65. The van der Waals surface area contributed by atoms with Gasteiger partial charge >= 0.3 is 0 Å². The second kappa shape index (κ2) is 9.53. The minimum Gasteiger partial charge on any atom is -0.493 e. The van der Waals surface area contributed by atoms with Crippen molar-refractivity contribution in [1.82, 2.24) is 10.2 Å². The minimum absolute atomic E-state index is 0.698. The largest absolute Gasteiger partial charge is 0.493 e. The summed E-state index contributed by atoms with van der Waals surface area (Å²) < 4.78 is 6.09. The van der Waals surface area contributed by atoms with Crippen LogP contribution in [0.5, 0.6) is 5.75 Å². The molecule has 2 heterocycles. The second-order valence-electron chi connectivity index (χ2n) is 7.42. The monoisotopic (exact) mass is 382 g/mol. The Kier molecular flexibility index (Phi) is 6.85. The van der Waals surface area contributed by atoms with Crippen LogP contribution in [0.2, 0.25) is 0 Å². The maximum Gasteiger partial charge on any atom is 0.151 e. The van der Waals surface area contributed by atoms with Crippen LogP contribution in [0, 0.1) is 26.7 Å². The molecule has 0 unspecified atom stereocenters. The van der Waals surface area contributed by atoms with Crippen molar-refractivity contribution in [2.24, 2.45) is 11.1 Å². The summed E-state index contributed by atoms with van der Waals surface area (Å²) >= 11 is 0. The van der Waals surface area contributed by atoms with Gasteiger partial charge < -0.3 is 14.5 Å². The van der Waals surface area contributed by atoms with Crippen molar-refractivity contribution >= 4 is 12.0 Å². The smallest absolute Gasteiger partial charge is 0.151 e. The fourth-order valence-electron chi connectivity index (χ4n) is 3.57. The summed E-state index contributed by atoms with van der Waals surface area (Å²) in [5, 5.41) is 12.3. The fourth-order valence-corrected chi connectivity index (χ4v) is 3.57. The zero-order valence-electron chi connectivity index (χ0n) is 17.3. The molecule has 6 heteroatoms. The highest BCUT2D eigenvalue weighted by Crippen LogP contribution is 2.26. The Bertz CT molecular complexity index is 797. The van der Waals surface area contributed by atoms with Crippen LogP contribution in [-0.4, -0.2) is 43.2 Å². The maximum atomic E-state index is 6.09. The van der Waals surface area contributed by atoms with Crippen LogP contribution in [0.3, 0.4) is 0 Å². The van der Waals surface area contributed by atoms with Crippen LogP contribution in [0.1, 0.15) is 41.6 Å². The minimum atomic E-state index is 0.698. The molecular formula is C22H30N4O2. The number of hydrogen-bond acceptors (Lipinski definition) is 6. The van der Waals surface area contributed by atoms with E-state index in [0.29, 0.717) is 5.92 Å². The molecule has 28 heavy (non-hydrogen) atoms. The molecule has 3 rings (SSSR count). The van der Waals surface area contributed by atoms with Gasteiger partial charge in [-0.2, -0.15) is 5.10 Å². The molecule has 0 aliphatic carbocycles. The van der Waals surface area contributed by atoms with E-state index in [2.05, 4.69) is 40.2 Å². The van der Waals surface area contributed by atoms with Crippen molar-refractivity contribution in [2.75, 3.05) is 31.7 Å². The average molecular weight is 383 g/mol. The van der Waals surface area contributed by atoms with E-state index in [-0.39, 0.29) is 0 Å². The molecule has 1 aromatic carbocycles. The lowest BCUT2D eigenvalue weighted by Gasteiger charge is -2.32. The van der Waals surface area contributed by atoms with E-state index in [4.69, 9.17) is 9.57 Å². The molecule has 2 aromatic rings. The summed E-state index contributed by atoms with van der Waals surface area (Å²) in [6, 6.07) is 8.15. The zero-order valence-corrected chi connectivity index (χ0v) is 17.3. The normalized spacial score (nSPS) is 15.2. The quantitative estimate of drug-likeness (QED) is 0.534. The molecule has 0 radical (unpaired) electrons. The molecule has 1 aliphatic rings. The third-order valence-electron chi connectivity index (χ3n) is 5.58. The molecule has 6 nitrogen and oxygen atoms in total. The molecule has 0 bridgehead atoms. The van der Waals surface area contributed by atoms with Crippen molar-refractivity contribution in [3.63, 3.8) is 0 Å². The summed E-state index contributed by atoms with van der Waals surface area (Å²) in [4.78, 5) is 7.10. The Hall–Kier alpha value is -2.63. The number of ether oxygens (including phenoxy) is 1. The Labute approximate surface area is 167 Å². The van der Waals surface area contributed by atoms with E-state index in [1.807, 2.05) is 25.1 Å². The SMILES string of the molecule is CO/N=C/c1ccc(OCCC2CCN(c3ccc(C)nn3)CC2)c(C)c1C. The highest BCUT2D eigenvalue weighted by atomic mass is 16.6. The summed E-state index contributed by atoms with van der Waals surface area (Å²) in [6.07, 6.45) is 5.16. The fraction of sp³-hybridized carbons (Fsp3) is 0.500. The third-order valence-corrected chi connectivity index (χ3v) is 5.58. The number of benzene rings is 1. The van der Waals surface area contributed by atoms with E-state index < -0.39 is 0 Å². The number of piperidine rings is 1. The number of nitrogens with zero attached hydrogens (tertiary/aromatic N) is 4. The molecule has 1 fully saturated rings. The molecule has 150 valence electrons. The molecule has 0 atom stereocenters. The first-order valence-corrected chi connectivity index (χ1v) is 9.93. The standard InChI is InChI=1S/C22H30N4O2/c1-16-5-8-22(25-24-16)26-12-9-19(10-13-26)11-14-28-21-7-6-20(15-23-27-4)17(2)18(21)3/h5-8,15,19H,9-14H2,1-4H3/b23-15+. The van der Waals surface area contributed by atoms with Crippen LogP contribution >= 0.6 is 0 Å². The summed E-state index contributed by atoms with van der Waals surface area (Å²) in [7, 11) is 1.55. The third kappa shape index (κ3) is 5.00. The van der Waals surface area contributed by atoms with E-state index in [9.17, 15) is 0 Å². The van der Waals surface area contributed by atoms with Gasteiger partial charge in [0.1, 0.15) is 12.9 Å². The van der Waals surface area contributed by atoms with E-state index in [1.165, 1.54) is 18.4 Å². The number of anilines is 1. The highest BCUT2D eigenvalue weighted by Gasteiger charge is 2.20.